The van der Waals surface area contributed by atoms with E-state index in [0.717, 1.165) is 11.4 Å². The second-order valence-corrected chi connectivity index (χ2v) is 4.68. The van der Waals surface area contributed by atoms with Crippen molar-refractivity contribution >= 4 is 5.97 Å². The van der Waals surface area contributed by atoms with Gasteiger partial charge in [0, 0.05) is 25.5 Å². The minimum absolute atomic E-state index is 0.242. The van der Waals surface area contributed by atoms with Crippen molar-refractivity contribution < 1.29 is 9.53 Å². The summed E-state index contributed by atoms with van der Waals surface area (Å²) in [4.78, 5) is 20.3. The SMILES string of the molecule is CCOC(=O)c1cc(-c2cn(C)cn2)n(-c2cccnc2)n1. The highest BCUT2D eigenvalue weighted by atomic mass is 16.5. The molecule has 3 heterocycles. The summed E-state index contributed by atoms with van der Waals surface area (Å²) >= 11 is 0. The van der Waals surface area contributed by atoms with Gasteiger partial charge in [0.2, 0.25) is 0 Å². The molecule has 0 atom stereocenters. The smallest absolute Gasteiger partial charge is 0.358 e. The zero-order valence-corrected chi connectivity index (χ0v) is 12.3. The van der Waals surface area contributed by atoms with Gasteiger partial charge in [-0.2, -0.15) is 5.10 Å². The first-order chi connectivity index (χ1) is 10.7. The molecule has 3 rings (SSSR count). The highest BCUT2D eigenvalue weighted by molar-refractivity contribution is 5.88. The molecule has 0 aliphatic rings. The first-order valence-corrected chi connectivity index (χ1v) is 6.85. The van der Waals surface area contributed by atoms with Crippen LogP contribution in [0.5, 0.6) is 0 Å². The molecule has 0 saturated carbocycles. The summed E-state index contributed by atoms with van der Waals surface area (Å²) in [6.45, 7) is 2.06. The average molecular weight is 297 g/mol. The van der Waals surface area contributed by atoms with Gasteiger partial charge in [-0.25, -0.2) is 14.5 Å². The first kappa shape index (κ1) is 14.0. The molecule has 0 aliphatic heterocycles. The fourth-order valence-corrected chi connectivity index (χ4v) is 2.09. The van der Waals surface area contributed by atoms with E-state index in [1.807, 2.05) is 29.9 Å². The zero-order valence-electron chi connectivity index (χ0n) is 12.3. The molecule has 0 unspecified atom stereocenters. The van der Waals surface area contributed by atoms with Crippen molar-refractivity contribution in [3.63, 3.8) is 0 Å². The van der Waals surface area contributed by atoms with E-state index in [1.54, 1.807) is 36.4 Å². The molecular weight excluding hydrogens is 282 g/mol. The van der Waals surface area contributed by atoms with Crippen LogP contribution in [0.4, 0.5) is 0 Å². The van der Waals surface area contributed by atoms with Gasteiger partial charge in [0.05, 0.1) is 30.5 Å². The zero-order chi connectivity index (χ0) is 15.5. The van der Waals surface area contributed by atoms with Gasteiger partial charge < -0.3 is 9.30 Å². The lowest BCUT2D eigenvalue weighted by Gasteiger charge is -2.04. The molecule has 0 fully saturated rings. The average Bonchev–Trinajstić information content (AvgIpc) is 3.14. The van der Waals surface area contributed by atoms with Gasteiger partial charge in [-0.15, -0.1) is 0 Å². The van der Waals surface area contributed by atoms with Gasteiger partial charge in [-0.3, -0.25) is 4.98 Å². The molecule has 7 nitrogen and oxygen atoms in total. The number of aromatic nitrogens is 5. The van der Waals surface area contributed by atoms with E-state index in [1.165, 1.54) is 0 Å². The molecule has 0 aliphatic carbocycles. The second kappa shape index (κ2) is 5.80. The number of carbonyl (C=O) groups is 1. The molecular formula is C15H15N5O2. The van der Waals surface area contributed by atoms with Crippen LogP contribution >= 0.6 is 0 Å². The third-order valence-electron chi connectivity index (χ3n) is 3.05. The molecule has 3 aromatic rings. The molecule has 0 N–H and O–H groups in total. The van der Waals surface area contributed by atoms with E-state index >= 15 is 0 Å². The van der Waals surface area contributed by atoms with E-state index in [0.29, 0.717) is 12.3 Å². The second-order valence-electron chi connectivity index (χ2n) is 4.68. The van der Waals surface area contributed by atoms with Crippen molar-refractivity contribution in [1.29, 1.82) is 0 Å². The molecule has 0 amide bonds. The van der Waals surface area contributed by atoms with Crippen LogP contribution in [0.25, 0.3) is 17.1 Å². The molecule has 0 bridgehead atoms. The number of aryl methyl sites for hydroxylation is 1. The van der Waals surface area contributed by atoms with Gasteiger partial charge >= 0.3 is 5.97 Å². The molecule has 22 heavy (non-hydrogen) atoms. The maximum Gasteiger partial charge on any atom is 0.358 e. The van der Waals surface area contributed by atoms with Crippen molar-refractivity contribution in [2.24, 2.45) is 7.05 Å². The number of ether oxygens (including phenoxy) is 1. The van der Waals surface area contributed by atoms with Gasteiger partial charge in [0.1, 0.15) is 5.69 Å². The highest BCUT2D eigenvalue weighted by Crippen LogP contribution is 2.22. The van der Waals surface area contributed by atoms with Crippen LogP contribution in [0.2, 0.25) is 0 Å². The topological polar surface area (TPSA) is 74.8 Å². The first-order valence-electron chi connectivity index (χ1n) is 6.85. The van der Waals surface area contributed by atoms with Crippen molar-refractivity contribution in [3.05, 3.63) is 48.8 Å². The predicted octanol–water partition coefficient (Wildman–Crippen LogP) is 1.84. The van der Waals surface area contributed by atoms with Gasteiger partial charge in [0.25, 0.3) is 0 Å². The van der Waals surface area contributed by atoms with E-state index in [9.17, 15) is 4.79 Å². The van der Waals surface area contributed by atoms with E-state index in [-0.39, 0.29) is 5.69 Å². The van der Waals surface area contributed by atoms with Crippen molar-refractivity contribution in [3.8, 4) is 17.1 Å². The number of pyridine rings is 1. The Hall–Kier alpha value is -2.96. The summed E-state index contributed by atoms with van der Waals surface area (Å²) in [6.07, 6.45) is 6.91. The molecule has 3 aromatic heterocycles. The summed E-state index contributed by atoms with van der Waals surface area (Å²) in [7, 11) is 1.88. The Morgan fingerprint density at radius 2 is 2.27 bits per heavy atom. The lowest BCUT2D eigenvalue weighted by molar-refractivity contribution is 0.0519. The van der Waals surface area contributed by atoms with Crippen molar-refractivity contribution in [1.82, 2.24) is 24.3 Å². The fourth-order valence-electron chi connectivity index (χ4n) is 2.09. The normalized spacial score (nSPS) is 10.6. The summed E-state index contributed by atoms with van der Waals surface area (Å²) in [5.41, 5.74) is 2.41. The third kappa shape index (κ3) is 2.60. The van der Waals surface area contributed by atoms with Crippen LogP contribution in [-0.4, -0.2) is 36.9 Å². The highest BCUT2D eigenvalue weighted by Gasteiger charge is 2.18. The molecule has 0 spiro atoms. The maximum atomic E-state index is 11.9. The van der Waals surface area contributed by atoms with Crippen molar-refractivity contribution in [2.45, 2.75) is 6.92 Å². The number of carbonyl (C=O) groups excluding carboxylic acids is 1. The number of nitrogens with zero attached hydrogens (tertiary/aromatic N) is 5. The summed E-state index contributed by atoms with van der Waals surface area (Å²) in [6, 6.07) is 5.35. The molecule has 7 heteroatoms. The Kier molecular flexibility index (Phi) is 3.69. The van der Waals surface area contributed by atoms with Crippen LogP contribution in [0.3, 0.4) is 0 Å². The third-order valence-corrected chi connectivity index (χ3v) is 3.05. The summed E-state index contributed by atoms with van der Waals surface area (Å²) in [5, 5.41) is 4.34. The number of esters is 1. The Bertz CT molecular complexity index is 791. The molecule has 0 saturated heterocycles. The monoisotopic (exact) mass is 297 g/mol. The van der Waals surface area contributed by atoms with Crippen LogP contribution in [0.1, 0.15) is 17.4 Å². The lowest BCUT2D eigenvalue weighted by Crippen LogP contribution is -2.06. The maximum absolute atomic E-state index is 11.9. The Morgan fingerprint density at radius 1 is 1.41 bits per heavy atom. The quantitative estimate of drug-likeness (QED) is 0.687. The van der Waals surface area contributed by atoms with E-state index in [2.05, 4.69) is 15.1 Å². The molecule has 112 valence electrons. The van der Waals surface area contributed by atoms with Crippen LogP contribution in [-0.2, 0) is 11.8 Å². The molecule has 0 radical (unpaired) electrons. The predicted molar refractivity (Wildman–Crippen MR) is 79.5 cm³/mol. The largest absolute Gasteiger partial charge is 0.461 e. The summed E-state index contributed by atoms with van der Waals surface area (Å²) < 4.78 is 8.49. The lowest BCUT2D eigenvalue weighted by atomic mass is 10.3. The summed E-state index contributed by atoms with van der Waals surface area (Å²) in [5.74, 6) is -0.456. The number of hydrogen-bond donors (Lipinski definition) is 0. The Balaban J connectivity index is 2.12. The fraction of sp³-hybridized carbons (Fsp3) is 0.200. The standard InChI is InChI=1S/C15H15N5O2/c1-3-22-15(21)12-7-14(13-9-19(2)10-17-13)20(18-12)11-5-4-6-16-8-11/h4-10H,3H2,1-2H3. The van der Waals surface area contributed by atoms with Crippen LogP contribution in [0, 0.1) is 0 Å². The van der Waals surface area contributed by atoms with Crippen LogP contribution < -0.4 is 0 Å². The van der Waals surface area contributed by atoms with Gasteiger partial charge in [-0.05, 0) is 19.1 Å². The number of rotatable bonds is 4. The Labute approximate surface area is 127 Å². The van der Waals surface area contributed by atoms with E-state index < -0.39 is 5.97 Å². The van der Waals surface area contributed by atoms with Gasteiger partial charge in [-0.1, -0.05) is 0 Å². The van der Waals surface area contributed by atoms with E-state index in [4.69, 9.17) is 4.74 Å². The minimum atomic E-state index is -0.456. The van der Waals surface area contributed by atoms with Crippen LogP contribution in [0.15, 0.2) is 43.1 Å². The molecule has 0 aromatic carbocycles. The Morgan fingerprint density at radius 3 is 2.91 bits per heavy atom. The number of imidazole rings is 1. The van der Waals surface area contributed by atoms with Gasteiger partial charge in [0.15, 0.2) is 5.69 Å². The van der Waals surface area contributed by atoms with Crippen molar-refractivity contribution in [2.75, 3.05) is 6.61 Å². The number of hydrogen-bond acceptors (Lipinski definition) is 5. The minimum Gasteiger partial charge on any atom is -0.461 e.